The lowest BCUT2D eigenvalue weighted by Crippen LogP contribution is -2.28. The molecule has 0 radical (unpaired) electrons. The van der Waals surface area contributed by atoms with E-state index < -0.39 is 16.3 Å². The predicted octanol–water partition coefficient (Wildman–Crippen LogP) is 9.70. The van der Waals surface area contributed by atoms with Crippen LogP contribution in [-0.2, 0) is 16.3 Å². The quantitative estimate of drug-likeness (QED) is 0.142. The highest BCUT2D eigenvalue weighted by molar-refractivity contribution is 7.97. The number of rotatable bonds is 5. The molecule has 0 aliphatic heterocycles. The van der Waals surface area contributed by atoms with Crippen molar-refractivity contribution in [1.29, 1.82) is 0 Å². The van der Waals surface area contributed by atoms with E-state index in [-0.39, 0.29) is 23.3 Å². The van der Waals surface area contributed by atoms with E-state index in [4.69, 9.17) is 0 Å². The van der Waals surface area contributed by atoms with Crippen molar-refractivity contribution in [3.8, 4) is 11.1 Å². The summed E-state index contributed by atoms with van der Waals surface area (Å²) in [6.07, 6.45) is 0. The molecule has 0 amide bonds. The van der Waals surface area contributed by atoms with E-state index in [0.29, 0.717) is 0 Å². The van der Waals surface area contributed by atoms with Crippen molar-refractivity contribution in [3.05, 3.63) is 185 Å². The van der Waals surface area contributed by atoms with Crippen LogP contribution in [0, 0.1) is 23.3 Å². The lowest BCUT2D eigenvalue weighted by atomic mass is 9.68. The van der Waals surface area contributed by atoms with Gasteiger partial charge in [0.15, 0.2) is 14.7 Å². The van der Waals surface area contributed by atoms with Gasteiger partial charge in [-0.1, -0.05) is 54.6 Å². The lowest BCUT2D eigenvalue weighted by molar-refractivity contribution is 0.622. The van der Waals surface area contributed by atoms with Crippen LogP contribution in [0.4, 0.5) is 17.6 Å². The van der Waals surface area contributed by atoms with Crippen molar-refractivity contribution >= 4 is 10.9 Å². The summed E-state index contributed by atoms with van der Waals surface area (Å²) >= 11 is 0. The topological polar surface area (TPSA) is 0 Å². The van der Waals surface area contributed by atoms with Gasteiger partial charge in [-0.3, -0.25) is 0 Å². The molecule has 1 aliphatic rings. The van der Waals surface area contributed by atoms with Crippen LogP contribution < -0.4 is 0 Å². The van der Waals surface area contributed by atoms with Crippen molar-refractivity contribution in [2.75, 3.05) is 0 Å². The Bertz CT molecular complexity index is 1800. The fraction of sp³-hybridized carbons (Fsp3) is 0.0270. The van der Waals surface area contributed by atoms with Gasteiger partial charge < -0.3 is 0 Å². The molecule has 5 heteroatoms. The first-order chi connectivity index (χ1) is 20.4. The van der Waals surface area contributed by atoms with Gasteiger partial charge in [-0.15, -0.1) is 0 Å². The summed E-state index contributed by atoms with van der Waals surface area (Å²) in [5.74, 6) is -1.32. The first-order valence-corrected chi connectivity index (χ1v) is 14.7. The van der Waals surface area contributed by atoms with Crippen molar-refractivity contribution < 1.29 is 17.6 Å². The van der Waals surface area contributed by atoms with E-state index in [1.54, 1.807) is 48.5 Å². The van der Waals surface area contributed by atoms with Crippen LogP contribution in [0.2, 0.25) is 0 Å². The largest absolute Gasteiger partial charge is 0.207 e. The molecule has 0 N–H and O–H groups in total. The molecule has 42 heavy (non-hydrogen) atoms. The third-order valence-electron chi connectivity index (χ3n) is 7.91. The number of fused-ring (bicyclic) bond motifs is 3. The van der Waals surface area contributed by atoms with Crippen molar-refractivity contribution in [2.24, 2.45) is 0 Å². The molecule has 0 heterocycles. The molecule has 6 aromatic rings. The summed E-state index contributed by atoms with van der Waals surface area (Å²) in [7, 11) is -0.653. The molecule has 6 aromatic carbocycles. The highest BCUT2D eigenvalue weighted by Gasteiger charge is 2.47. The molecular formula is C37H23F4S+. The molecule has 0 aromatic heterocycles. The van der Waals surface area contributed by atoms with Gasteiger partial charge in [-0.25, -0.2) is 17.6 Å². The zero-order chi connectivity index (χ0) is 28.8. The van der Waals surface area contributed by atoms with Gasteiger partial charge >= 0.3 is 0 Å². The Morgan fingerprint density at radius 1 is 0.381 bits per heavy atom. The first kappa shape index (κ1) is 26.3. The first-order valence-electron chi connectivity index (χ1n) is 13.5. The molecule has 0 saturated heterocycles. The molecule has 0 atom stereocenters. The Morgan fingerprint density at radius 3 is 1.29 bits per heavy atom. The van der Waals surface area contributed by atoms with Crippen molar-refractivity contribution in [3.63, 3.8) is 0 Å². The Kier molecular flexibility index (Phi) is 6.47. The smallest absolute Gasteiger partial charge is 0.167 e. The maximum atomic E-state index is 14.2. The third-order valence-corrected chi connectivity index (χ3v) is 10.1. The second-order valence-corrected chi connectivity index (χ2v) is 12.3. The molecule has 0 saturated carbocycles. The van der Waals surface area contributed by atoms with E-state index in [1.807, 2.05) is 12.1 Å². The minimum atomic E-state index is -0.809. The molecule has 1 aliphatic carbocycles. The van der Waals surface area contributed by atoms with Gasteiger partial charge in [-0.2, -0.15) is 0 Å². The standard InChI is InChI=1S/C37H23F4S/c38-26-9-5-24(6-10-26)37(25-7-11-27(39)12-8-25)35-4-2-1-3-33(35)34-23-32(21-22-36(34)37)42(30-17-13-28(40)14-18-30)31-19-15-29(41)16-20-31/h1-23H/q+1. The highest BCUT2D eigenvalue weighted by atomic mass is 32.2. The molecule has 204 valence electrons. The SMILES string of the molecule is Fc1ccc([S+](c2ccc(F)cc2)c2ccc3c(c2)-c2ccccc2C3(c2ccc(F)cc2)c2ccc(F)cc2)cc1. The predicted molar refractivity (Wildman–Crippen MR) is 159 cm³/mol. The molecule has 0 spiro atoms. The summed E-state index contributed by atoms with van der Waals surface area (Å²) in [6, 6.07) is 40.2. The van der Waals surface area contributed by atoms with Gasteiger partial charge in [0.1, 0.15) is 23.3 Å². The van der Waals surface area contributed by atoms with Gasteiger partial charge in [0.2, 0.25) is 0 Å². The third kappa shape index (κ3) is 4.24. The molecular weight excluding hydrogens is 552 g/mol. The highest BCUT2D eigenvalue weighted by Crippen LogP contribution is 2.56. The Labute approximate surface area is 244 Å². The molecule has 0 bridgehead atoms. The Hall–Kier alpha value is -4.61. The van der Waals surface area contributed by atoms with E-state index in [9.17, 15) is 17.6 Å². The fourth-order valence-electron chi connectivity index (χ4n) is 6.13. The molecule has 0 fully saturated rings. The maximum Gasteiger partial charge on any atom is 0.167 e. The van der Waals surface area contributed by atoms with Gasteiger partial charge in [0.05, 0.1) is 16.3 Å². The summed E-state index contributed by atoms with van der Waals surface area (Å²) in [5.41, 5.74) is 4.95. The molecule has 0 unspecified atom stereocenters. The van der Waals surface area contributed by atoms with Gasteiger partial charge in [0, 0.05) is 6.07 Å². The zero-order valence-electron chi connectivity index (χ0n) is 22.2. The van der Waals surface area contributed by atoms with E-state index >= 15 is 0 Å². The Balaban J connectivity index is 1.50. The van der Waals surface area contributed by atoms with Crippen LogP contribution >= 0.6 is 0 Å². The second-order valence-electron chi connectivity index (χ2n) is 10.2. The fourth-order valence-corrected chi connectivity index (χ4v) is 8.20. The minimum absolute atomic E-state index is 0.326. The second kappa shape index (κ2) is 10.3. The lowest BCUT2D eigenvalue weighted by Gasteiger charge is -2.33. The average Bonchev–Trinajstić information content (AvgIpc) is 3.31. The summed E-state index contributed by atoms with van der Waals surface area (Å²) < 4.78 is 56.2. The van der Waals surface area contributed by atoms with Crippen LogP contribution in [0.5, 0.6) is 0 Å². The summed E-state index contributed by atoms with van der Waals surface area (Å²) in [5, 5.41) is 0. The van der Waals surface area contributed by atoms with Crippen LogP contribution in [0.3, 0.4) is 0 Å². The van der Waals surface area contributed by atoms with Crippen molar-refractivity contribution in [1.82, 2.24) is 0 Å². The number of halogens is 4. The van der Waals surface area contributed by atoms with Crippen LogP contribution in [0.1, 0.15) is 22.3 Å². The Morgan fingerprint density at radius 2 is 0.786 bits per heavy atom. The van der Waals surface area contributed by atoms with Gasteiger partial charge in [-0.05, 0) is 112 Å². The molecule has 7 rings (SSSR count). The molecule has 0 nitrogen and oxygen atoms in total. The number of hydrogen-bond acceptors (Lipinski definition) is 0. The van der Waals surface area contributed by atoms with E-state index in [0.717, 1.165) is 48.1 Å². The monoisotopic (exact) mass is 575 g/mol. The minimum Gasteiger partial charge on any atom is -0.207 e. The van der Waals surface area contributed by atoms with E-state index in [1.165, 1.54) is 48.5 Å². The van der Waals surface area contributed by atoms with Crippen LogP contribution in [0.15, 0.2) is 154 Å². The van der Waals surface area contributed by atoms with Crippen LogP contribution in [-0.4, -0.2) is 0 Å². The van der Waals surface area contributed by atoms with E-state index in [2.05, 4.69) is 30.3 Å². The van der Waals surface area contributed by atoms with Gasteiger partial charge in [0.25, 0.3) is 0 Å². The van der Waals surface area contributed by atoms with Crippen LogP contribution in [0.25, 0.3) is 11.1 Å². The average molecular weight is 576 g/mol. The number of hydrogen-bond donors (Lipinski definition) is 0. The summed E-state index contributed by atoms with van der Waals surface area (Å²) in [6.45, 7) is 0. The maximum absolute atomic E-state index is 14.2. The zero-order valence-corrected chi connectivity index (χ0v) is 23.0. The normalized spacial score (nSPS) is 13.2. The van der Waals surface area contributed by atoms with Crippen molar-refractivity contribution in [2.45, 2.75) is 20.1 Å². The number of benzene rings is 6. The summed E-state index contributed by atoms with van der Waals surface area (Å²) in [4.78, 5) is 2.78.